The summed E-state index contributed by atoms with van der Waals surface area (Å²) in [6.07, 6.45) is -4.46. The summed E-state index contributed by atoms with van der Waals surface area (Å²) in [6.45, 7) is 0.603. The molecule has 146 valence electrons. The van der Waals surface area contributed by atoms with Crippen LogP contribution in [0.3, 0.4) is 0 Å². The molecule has 0 spiro atoms. The van der Waals surface area contributed by atoms with Crippen molar-refractivity contribution in [3.8, 4) is 0 Å². The molecule has 1 aliphatic heterocycles. The summed E-state index contributed by atoms with van der Waals surface area (Å²) < 4.78 is 65.2. The number of thiophene rings is 1. The Morgan fingerprint density at radius 2 is 1.59 bits per heavy atom. The number of sulfonamides is 1. The molecule has 2 aromatic rings. The molecule has 0 saturated carbocycles. The lowest BCUT2D eigenvalue weighted by Gasteiger charge is -2.33. The standard InChI is InChI=1S/C16H14BrF3N2O3S2/c17-13-5-6-14(26-13)27(24,25)22-9-7-21(8-10-22)15(23)11-1-3-12(4-2-11)16(18,19)20/h1-6H,7-10H2. The minimum Gasteiger partial charge on any atom is -0.336 e. The summed E-state index contributed by atoms with van der Waals surface area (Å²) in [5.41, 5.74) is -0.682. The highest BCUT2D eigenvalue weighted by atomic mass is 79.9. The van der Waals surface area contributed by atoms with Crippen LogP contribution in [0, 0.1) is 0 Å². The number of piperazine rings is 1. The number of alkyl halides is 3. The number of hydrogen-bond donors (Lipinski definition) is 0. The van der Waals surface area contributed by atoms with E-state index < -0.39 is 27.7 Å². The first-order valence-electron chi connectivity index (χ1n) is 7.81. The maximum atomic E-state index is 12.6. The SMILES string of the molecule is O=C(c1ccc(C(F)(F)F)cc1)N1CCN(S(=O)(=O)c2ccc(Br)s2)CC1. The number of rotatable bonds is 3. The second-order valence-electron chi connectivity index (χ2n) is 5.83. The molecule has 1 aromatic heterocycles. The maximum absolute atomic E-state index is 12.6. The Balaban J connectivity index is 1.66. The Kier molecular flexibility index (Phi) is 5.67. The minimum atomic E-state index is -4.46. The van der Waals surface area contributed by atoms with E-state index in [4.69, 9.17) is 0 Å². The van der Waals surface area contributed by atoms with E-state index in [1.54, 1.807) is 6.07 Å². The van der Waals surface area contributed by atoms with Gasteiger partial charge in [-0.25, -0.2) is 8.42 Å². The van der Waals surface area contributed by atoms with Crippen LogP contribution >= 0.6 is 27.3 Å². The molecule has 11 heteroatoms. The predicted octanol–water partition coefficient (Wildman–Crippen LogP) is 3.68. The fourth-order valence-corrected chi connectivity index (χ4v) is 6.27. The number of hydrogen-bond acceptors (Lipinski definition) is 4. The Bertz CT molecular complexity index is 935. The van der Waals surface area contributed by atoms with Gasteiger partial charge in [0.15, 0.2) is 0 Å². The fraction of sp³-hybridized carbons (Fsp3) is 0.312. The molecule has 1 aliphatic rings. The van der Waals surface area contributed by atoms with Gasteiger partial charge in [0.2, 0.25) is 0 Å². The van der Waals surface area contributed by atoms with Crippen LogP contribution in [0.5, 0.6) is 0 Å². The Hall–Kier alpha value is -1.43. The zero-order valence-corrected chi connectivity index (χ0v) is 17.0. The lowest BCUT2D eigenvalue weighted by Crippen LogP contribution is -2.50. The third-order valence-corrected chi connectivity index (χ3v) is 8.12. The van der Waals surface area contributed by atoms with Gasteiger partial charge < -0.3 is 4.90 Å². The number of nitrogens with zero attached hydrogens (tertiary/aromatic N) is 2. The van der Waals surface area contributed by atoms with Crippen molar-refractivity contribution in [1.29, 1.82) is 0 Å². The number of amides is 1. The topological polar surface area (TPSA) is 57.7 Å². The van der Waals surface area contributed by atoms with E-state index in [2.05, 4.69) is 15.9 Å². The van der Waals surface area contributed by atoms with Crippen LogP contribution in [-0.4, -0.2) is 49.7 Å². The third kappa shape index (κ3) is 4.36. The molecule has 0 bridgehead atoms. The van der Waals surface area contributed by atoms with E-state index in [-0.39, 0.29) is 36.0 Å². The van der Waals surface area contributed by atoms with Crippen LogP contribution in [0.4, 0.5) is 13.2 Å². The smallest absolute Gasteiger partial charge is 0.336 e. The first-order chi connectivity index (χ1) is 12.6. The van der Waals surface area contributed by atoms with Crippen molar-refractivity contribution < 1.29 is 26.4 Å². The summed E-state index contributed by atoms with van der Waals surface area (Å²) in [6, 6.07) is 7.17. The monoisotopic (exact) mass is 482 g/mol. The van der Waals surface area contributed by atoms with Gasteiger partial charge in [0.25, 0.3) is 15.9 Å². The summed E-state index contributed by atoms with van der Waals surface area (Å²) in [5, 5.41) is 0. The van der Waals surface area contributed by atoms with Crippen molar-refractivity contribution in [3.63, 3.8) is 0 Å². The largest absolute Gasteiger partial charge is 0.416 e. The summed E-state index contributed by atoms with van der Waals surface area (Å²) in [4.78, 5) is 13.9. The first kappa shape index (κ1) is 20.3. The molecule has 1 amide bonds. The van der Waals surface area contributed by atoms with Crippen LogP contribution in [-0.2, 0) is 16.2 Å². The van der Waals surface area contributed by atoms with Crippen molar-refractivity contribution in [3.05, 3.63) is 51.3 Å². The van der Waals surface area contributed by atoms with Crippen LogP contribution in [0.25, 0.3) is 0 Å². The highest BCUT2D eigenvalue weighted by molar-refractivity contribution is 9.11. The number of carbonyl (C=O) groups excluding carboxylic acids is 1. The lowest BCUT2D eigenvalue weighted by atomic mass is 10.1. The van der Waals surface area contributed by atoms with Crippen LogP contribution in [0.2, 0.25) is 0 Å². The van der Waals surface area contributed by atoms with E-state index in [1.165, 1.54) is 15.3 Å². The van der Waals surface area contributed by atoms with Crippen LogP contribution in [0.15, 0.2) is 44.4 Å². The van der Waals surface area contributed by atoms with Gasteiger partial charge in [0, 0.05) is 31.7 Å². The van der Waals surface area contributed by atoms with Gasteiger partial charge >= 0.3 is 6.18 Å². The molecule has 1 saturated heterocycles. The molecule has 0 N–H and O–H groups in total. The Labute approximate surface area is 166 Å². The Morgan fingerprint density at radius 3 is 2.07 bits per heavy atom. The lowest BCUT2D eigenvalue weighted by molar-refractivity contribution is -0.137. The molecule has 3 rings (SSSR count). The van der Waals surface area contributed by atoms with Gasteiger partial charge in [0.05, 0.1) is 9.35 Å². The fourth-order valence-electron chi connectivity index (χ4n) is 2.68. The molecular weight excluding hydrogens is 469 g/mol. The quantitative estimate of drug-likeness (QED) is 0.670. The zero-order chi connectivity index (χ0) is 19.8. The maximum Gasteiger partial charge on any atom is 0.416 e. The predicted molar refractivity (Wildman–Crippen MR) is 98.1 cm³/mol. The molecule has 2 heterocycles. The third-order valence-electron chi connectivity index (χ3n) is 4.13. The van der Waals surface area contributed by atoms with E-state index in [0.29, 0.717) is 3.79 Å². The van der Waals surface area contributed by atoms with Crippen molar-refractivity contribution in [2.45, 2.75) is 10.4 Å². The van der Waals surface area contributed by atoms with E-state index in [0.717, 1.165) is 35.6 Å². The van der Waals surface area contributed by atoms with E-state index in [1.807, 2.05) is 0 Å². The molecule has 0 atom stereocenters. The molecule has 5 nitrogen and oxygen atoms in total. The van der Waals surface area contributed by atoms with Crippen molar-refractivity contribution in [2.24, 2.45) is 0 Å². The van der Waals surface area contributed by atoms with Gasteiger partial charge in [0.1, 0.15) is 4.21 Å². The van der Waals surface area contributed by atoms with Crippen LogP contribution < -0.4 is 0 Å². The van der Waals surface area contributed by atoms with E-state index in [9.17, 15) is 26.4 Å². The minimum absolute atomic E-state index is 0.129. The molecule has 0 aliphatic carbocycles. The van der Waals surface area contributed by atoms with Gasteiger partial charge in [-0.05, 0) is 52.3 Å². The first-order valence-corrected chi connectivity index (χ1v) is 10.9. The number of benzene rings is 1. The average Bonchev–Trinajstić information content (AvgIpc) is 3.08. The molecule has 1 aromatic carbocycles. The summed E-state index contributed by atoms with van der Waals surface area (Å²) in [7, 11) is -3.62. The highest BCUT2D eigenvalue weighted by Crippen LogP contribution is 2.30. The second-order valence-corrected chi connectivity index (χ2v) is 10.5. The van der Waals surface area contributed by atoms with Gasteiger partial charge in [-0.2, -0.15) is 17.5 Å². The van der Waals surface area contributed by atoms with Crippen molar-refractivity contribution >= 4 is 43.2 Å². The van der Waals surface area contributed by atoms with Crippen molar-refractivity contribution in [1.82, 2.24) is 9.21 Å². The van der Waals surface area contributed by atoms with Gasteiger partial charge in [-0.15, -0.1) is 11.3 Å². The second kappa shape index (κ2) is 7.53. The summed E-state index contributed by atoms with van der Waals surface area (Å²) in [5.74, 6) is -0.417. The molecule has 0 radical (unpaired) electrons. The molecule has 1 fully saturated rings. The Morgan fingerprint density at radius 1 is 1.00 bits per heavy atom. The molecule has 0 unspecified atom stereocenters. The van der Waals surface area contributed by atoms with Crippen LogP contribution in [0.1, 0.15) is 15.9 Å². The van der Waals surface area contributed by atoms with Gasteiger partial charge in [-0.3, -0.25) is 4.79 Å². The average molecular weight is 483 g/mol. The highest BCUT2D eigenvalue weighted by Gasteiger charge is 2.33. The zero-order valence-electron chi connectivity index (χ0n) is 13.7. The summed E-state index contributed by atoms with van der Waals surface area (Å²) >= 11 is 4.34. The normalized spacial score (nSPS) is 16.5. The molecule has 27 heavy (non-hydrogen) atoms. The number of carbonyl (C=O) groups is 1. The van der Waals surface area contributed by atoms with E-state index >= 15 is 0 Å². The molecular formula is C16H14BrF3N2O3S2. The van der Waals surface area contributed by atoms with Gasteiger partial charge in [-0.1, -0.05) is 0 Å². The number of halogens is 4. The van der Waals surface area contributed by atoms with Crippen molar-refractivity contribution in [2.75, 3.05) is 26.2 Å².